The molecular formula is C20H19F2NO3S. The molecule has 142 valence electrons. The maximum Gasteiger partial charge on any atom is 0.387 e. The van der Waals surface area contributed by atoms with Crippen molar-refractivity contribution >= 4 is 28.4 Å². The van der Waals surface area contributed by atoms with Crippen LogP contribution in [0.4, 0.5) is 8.78 Å². The highest BCUT2D eigenvalue weighted by Gasteiger charge is 2.16. The van der Waals surface area contributed by atoms with Gasteiger partial charge in [-0.05, 0) is 30.7 Å². The van der Waals surface area contributed by atoms with Crippen LogP contribution in [0.1, 0.15) is 21.6 Å². The highest BCUT2D eigenvalue weighted by Crippen LogP contribution is 2.31. The summed E-state index contributed by atoms with van der Waals surface area (Å²) in [5, 5.41) is 0.927. The summed E-state index contributed by atoms with van der Waals surface area (Å²) >= 11 is 1.46. The number of nitrogens with one attached hydrogen (secondary N) is 1. The first-order valence-corrected chi connectivity index (χ1v) is 9.45. The van der Waals surface area contributed by atoms with Gasteiger partial charge in [0.15, 0.2) is 17.3 Å². The number of fused-ring (bicyclic) bond motifs is 1. The molecule has 0 saturated heterocycles. The lowest BCUT2D eigenvalue weighted by Crippen LogP contribution is -2.05. The van der Waals surface area contributed by atoms with E-state index in [1.807, 2.05) is 31.2 Å². The summed E-state index contributed by atoms with van der Waals surface area (Å²) in [6.45, 7) is -1.01. The maximum absolute atomic E-state index is 12.7. The van der Waals surface area contributed by atoms with E-state index in [9.17, 15) is 13.6 Å². The fraction of sp³-hybridized carbons (Fsp3) is 0.250. The molecule has 1 aromatic heterocycles. The molecule has 3 aromatic rings. The van der Waals surface area contributed by atoms with E-state index in [4.69, 9.17) is 4.74 Å². The first-order valence-electron chi connectivity index (χ1n) is 8.29. The number of aryl methyl sites for hydroxylation is 1. The van der Waals surface area contributed by atoms with Crippen LogP contribution in [0, 0.1) is 6.92 Å². The van der Waals surface area contributed by atoms with Crippen LogP contribution in [0.2, 0.25) is 0 Å². The van der Waals surface area contributed by atoms with Crippen LogP contribution in [-0.4, -0.2) is 30.2 Å². The number of para-hydroxylation sites is 1. The largest absolute Gasteiger partial charge is 0.493 e. The van der Waals surface area contributed by atoms with Crippen LogP contribution in [0.15, 0.2) is 42.5 Å². The third-order valence-corrected chi connectivity index (χ3v) is 5.12. The molecule has 0 saturated carbocycles. The summed E-state index contributed by atoms with van der Waals surface area (Å²) in [7, 11) is 1.40. The van der Waals surface area contributed by atoms with Crippen LogP contribution in [0.5, 0.6) is 11.5 Å². The number of alkyl halides is 2. The number of thioether (sulfide) groups is 1. The molecule has 0 bridgehead atoms. The number of halogens is 2. The molecule has 7 heteroatoms. The molecule has 0 radical (unpaired) electrons. The van der Waals surface area contributed by atoms with Crippen LogP contribution < -0.4 is 9.47 Å². The SMILES string of the molecule is COc1cc(CSCC(=O)c2c(C)[nH]c3ccccc23)ccc1OC(F)F. The summed E-state index contributed by atoms with van der Waals surface area (Å²) in [6.07, 6.45) is 0. The fourth-order valence-corrected chi connectivity index (χ4v) is 3.81. The number of ketones is 1. The van der Waals surface area contributed by atoms with Crippen molar-refractivity contribution in [1.82, 2.24) is 4.98 Å². The Morgan fingerprint density at radius 3 is 2.70 bits per heavy atom. The van der Waals surface area contributed by atoms with Crippen molar-refractivity contribution in [3.05, 3.63) is 59.3 Å². The quantitative estimate of drug-likeness (QED) is 0.536. The normalized spacial score (nSPS) is 11.1. The molecule has 1 N–H and O–H groups in total. The lowest BCUT2D eigenvalue weighted by atomic mass is 10.1. The lowest BCUT2D eigenvalue weighted by molar-refractivity contribution is -0.0512. The lowest BCUT2D eigenvalue weighted by Gasteiger charge is -2.11. The molecule has 0 aliphatic carbocycles. The Bertz CT molecular complexity index is 956. The van der Waals surface area contributed by atoms with E-state index in [1.165, 1.54) is 24.9 Å². The van der Waals surface area contributed by atoms with Crippen LogP contribution >= 0.6 is 11.8 Å². The molecule has 0 amide bonds. The number of benzene rings is 2. The molecule has 0 fully saturated rings. The van der Waals surface area contributed by atoms with Gasteiger partial charge in [0, 0.05) is 27.9 Å². The second-order valence-corrected chi connectivity index (χ2v) is 6.94. The summed E-state index contributed by atoms with van der Waals surface area (Å²) < 4.78 is 34.3. The van der Waals surface area contributed by atoms with Gasteiger partial charge < -0.3 is 14.5 Å². The molecular weight excluding hydrogens is 372 g/mol. The first kappa shape index (κ1) is 19.2. The number of carbonyl (C=O) groups is 1. The van der Waals surface area contributed by atoms with Gasteiger partial charge in [0.1, 0.15) is 0 Å². The molecule has 4 nitrogen and oxygen atoms in total. The minimum atomic E-state index is -2.91. The predicted molar refractivity (Wildman–Crippen MR) is 103 cm³/mol. The van der Waals surface area contributed by atoms with Crippen LogP contribution in [0.25, 0.3) is 10.9 Å². The van der Waals surface area contributed by atoms with E-state index >= 15 is 0 Å². The smallest absolute Gasteiger partial charge is 0.387 e. The molecule has 2 aromatic carbocycles. The summed E-state index contributed by atoms with van der Waals surface area (Å²) in [4.78, 5) is 15.9. The third-order valence-electron chi connectivity index (χ3n) is 4.12. The first-order chi connectivity index (χ1) is 13.0. The second kappa shape index (κ2) is 8.43. The van der Waals surface area contributed by atoms with Gasteiger partial charge in [0.25, 0.3) is 0 Å². The van der Waals surface area contributed by atoms with Crippen molar-refractivity contribution in [3.63, 3.8) is 0 Å². The summed E-state index contributed by atoms with van der Waals surface area (Å²) in [6, 6.07) is 12.5. The van der Waals surface area contributed by atoms with Crippen LogP contribution in [-0.2, 0) is 5.75 Å². The Morgan fingerprint density at radius 1 is 1.19 bits per heavy atom. The molecule has 3 rings (SSSR count). The Hall–Kier alpha value is -2.54. The van der Waals surface area contributed by atoms with Gasteiger partial charge in [-0.3, -0.25) is 4.79 Å². The molecule has 0 spiro atoms. The van der Waals surface area contributed by atoms with Gasteiger partial charge >= 0.3 is 6.61 Å². The van der Waals surface area contributed by atoms with Gasteiger partial charge in [-0.15, -0.1) is 11.8 Å². The number of hydrogen-bond donors (Lipinski definition) is 1. The Labute approximate surface area is 159 Å². The van der Waals surface area contributed by atoms with Crippen molar-refractivity contribution in [2.24, 2.45) is 0 Å². The van der Waals surface area contributed by atoms with E-state index < -0.39 is 6.61 Å². The van der Waals surface area contributed by atoms with Gasteiger partial charge in [-0.25, -0.2) is 0 Å². The molecule has 0 aliphatic heterocycles. The van der Waals surface area contributed by atoms with E-state index in [0.717, 1.165) is 27.7 Å². The van der Waals surface area contributed by atoms with Gasteiger partial charge in [0.05, 0.1) is 12.9 Å². The Balaban J connectivity index is 1.65. The highest BCUT2D eigenvalue weighted by molar-refractivity contribution is 7.99. The van der Waals surface area contributed by atoms with Gasteiger partial charge in [0.2, 0.25) is 0 Å². The monoisotopic (exact) mass is 391 g/mol. The average Bonchev–Trinajstić information content (AvgIpc) is 2.98. The number of aromatic nitrogens is 1. The fourth-order valence-electron chi connectivity index (χ4n) is 2.96. The molecule has 0 aliphatic rings. The van der Waals surface area contributed by atoms with E-state index in [0.29, 0.717) is 11.5 Å². The minimum Gasteiger partial charge on any atom is -0.493 e. The third kappa shape index (κ3) is 4.42. The van der Waals surface area contributed by atoms with E-state index in [-0.39, 0.29) is 17.3 Å². The van der Waals surface area contributed by atoms with Gasteiger partial charge in [-0.1, -0.05) is 24.3 Å². The van der Waals surface area contributed by atoms with E-state index in [1.54, 1.807) is 12.1 Å². The van der Waals surface area contributed by atoms with Crippen molar-refractivity contribution in [2.75, 3.05) is 12.9 Å². The standard InChI is InChI=1S/C20H19F2NO3S/c1-12-19(14-5-3-4-6-15(14)23-12)16(24)11-27-10-13-7-8-17(26-20(21)22)18(9-13)25-2/h3-9,20,23H,10-11H2,1-2H3. The zero-order valence-corrected chi connectivity index (χ0v) is 15.7. The highest BCUT2D eigenvalue weighted by atomic mass is 32.2. The summed E-state index contributed by atoms with van der Waals surface area (Å²) in [5.74, 6) is 1.16. The molecule has 27 heavy (non-hydrogen) atoms. The van der Waals surface area contributed by atoms with E-state index in [2.05, 4.69) is 9.72 Å². The Kier molecular flexibility index (Phi) is 6.01. The second-order valence-electron chi connectivity index (χ2n) is 5.95. The molecule has 1 heterocycles. The topological polar surface area (TPSA) is 51.3 Å². The number of H-pyrrole nitrogens is 1. The average molecular weight is 391 g/mol. The number of methoxy groups -OCH3 is 1. The molecule has 0 atom stereocenters. The maximum atomic E-state index is 12.7. The number of Topliss-reactive ketones (excluding diaryl/α,β-unsaturated/α-hetero) is 1. The van der Waals surface area contributed by atoms with Crippen molar-refractivity contribution in [2.45, 2.75) is 19.3 Å². The summed E-state index contributed by atoms with van der Waals surface area (Å²) in [5.41, 5.74) is 3.39. The number of aromatic amines is 1. The minimum absolute atomic E-state index is 0.00764. The zero-order chi connectivity index (χ0) is 19.4. The predicted octanol–water partition coefficient (Wildman–Crippen LogP) is 5.20. The van der Waals surface area contributed by atoms with Crippen molar-refractivity contribution in [1.29, 1.82) is 0 Å². The zero-order valence-electron chi connectivity index (χ0n) is 14.9. The Morgan fingerprint density at radius 2 is 1.96 bits per heavy atom. The van der Waals surface area contributed by atoms with Crippen molar-refractivity contribution < 1.29 is 23.0 Å². The molecule has 0 unspecified atom stereocenters. The number of carbonyl (C=O) groups excluding carboxylic acids is 1. The number of ether oxygens (including phenoxy) is 2. The van der Waals surface area contributed by atoms with Crippen molar-refractivity contribution in [3.8, 4) is 11.5 Å². The van der Waals surface area contributed by atoms with Gasteiger partial charge in [-0.2, -0.15) is 8.78 Å². The number of hydrogen-bond acceptors (Lipinski definition) is 4. The van der Waals surface area contributed by atoms with Crippen LogP contribution in [0.3, 0.4) is 0 Å². The number of rotatable bonds is 8.